The predicted octanol–water partition coefficient (Wildman–Crippen LogP) is 2.84. The molecule has 0 radical (unpaired) electrons. The molecule has 2 heterocycles. The van der Waals surface area contributed by atoms with Gasteiger partial charge in [0.2, 0.25) is 0 Å². The van der Waals surface area contributed by atoms with Gasteiger partial charge < -0.3 is 4.90 Å². The molecule has 0 bridgehead atoms. The molecule has 15 heavy (non-hydrogen) atoms. The summed E-state index contributed by atoms with van der Waals surface area (Å²) in [6.07, 6.45) is 2.23. The van der Waals surface area contributed by atoms with Crippen LogP contribution in [-0.4, -0.2) is 29.8 Å². The van der Waals surface area contributed by atoms with Gasteiger partial charge in [0.1, 0.15) is 0 Å². The van der Waals surface area contributed by atoms with Gasteiger partial charge in [0.05, 0.1) is 5.56 Å². The number of carbonyl (C=O) groups excluding carboxylic acids is 1. The van der Waals surface area contributed by atoms with Crippen molar-refractivity contribution in [3.8, 4) is 0 Å². The molecule has 1 atom stereocenters. The normalized spacial score (nSPS) is 21.7. The van der Waals surface area contributed by atoms with Crippen LogP contribution in [0.3, 0.4) is 0 Å². The zero-order chi connectivity index (χ0) is 10.7. The van der Waals surface area contributed by atoms with Crippen molar-refractivity contribution in [2.45, 2.75) is 12.8 Å². The highest BCUT2D eigenvalue weighted by Crippen LogP contribution is 2.20. The Morgan fingerprint density at radius 3 is 3.20 bits per heavy atom. The molecule has 0 aromatic carbocycles. The molecule has 1 aromatic rings. The highest BCUT2D eigenvalue weighted by atomic mass is 35.5. The van der Waals surface area contributed by atoms with Crippen molar-refractivity contribution >= 4 is 28.8 Å². The number of nitrogens with zero attached hydrogens (tertiary/aromatic N) is 1. The molecule has 82 valence electrons. The second-order valence-corrected chi connectivity index (χ2v) is 5.01. The van der Waals surface area contributed by atoms with E-state index in [-0.39, 0.29) is 5.91 Å². The Morgan fingerprint density at radius 2 is 2.53 bits per heavy atom. The van der Waals surface area contributed by atoms with Gasteiger partial charge in [-0.3, -0.25) is 4.79 Å². The minimum Gasteiger partial charge on any atom is -0.338 e. The van der Waals surface area contributed by atoms with E-state index in [1.807, 2.05) is 21.7 Å². The summed E-state index contributed by atoms with van der Waals surface area (Å²) in [7, 11) is 0. The van der Waals surface area contributed by atoms with Gasteiger partial charge in [-0.1, -0.05) is 0 Å². The van der Waals surface area contributed by atoms with Crippen LogP contribution in [0.15, 0.2) is 16.8 Å². The first kappa shape index (κ1) is 11.0. The Labute approximate surface area is 98.8 Å². The van der Waals surface area contributed by atoms with Crippen LogP contribution < -0.4 is 0 Å². The topological polar surface area (TPSA) is 20.3 Å². The number of piperidine rings is 1. The summed E-state index contributed by atoms with van der Waals surface area (Å²) in [5.41, 5.74) is 0.815. The minimum atomic E-state index is 0.158. The van der Waals surface area contributed by atoms with Gasteiger partial charge in [-0.2, -0.15) is 11.3 Å². The second-order valence-electron chi connectivity index (χ2n) is 3.93. The number of halogens is 1. The Morgan fingerprint density at radius 1 is 1.67 bits per heavy atom. The predicted molar refractivity (Wildman–Crippen MR) is 63.7 cm³/mol. The third-order valence-corrected chi connectivity index (χ3v) is 3.91. The first-order chi connectivity index (χ1) is 7.31. The molecule has 1 saturated heterocycles. The van der Waals surface area contributed by atoms with Gasteiger partial charge in [0, 0.05) is 24.3 Å². The quantitative estimate of drug-likeness (QED) is 0.732. The van der Waals surface area contributed by atoms with Gasteiger partial charge in [-0.15, -0.1) is 11.6 Å². The Kier molecular flexibility index (Phi) is 3.65. The van der Waals surface area contributed by atoms with Gasteiger partial charge in [0.25, 0.3) is 5.91 Å². The van der Waals surface area contributed by atoms with Crippen molar-refractivity contribution in [3.63, 3.8) is 0 Å². The van der Waals surface area contributed by atoms with Crippen molar-refractivity contribution in [2.75, 3.05) is 19.0 Å². The molecule has 2 rings (SSSR count). The summed E-state index contributed by atoms with van der Waals surface area (Å²) < 4.78 is 0. The van der Waals surface area contributed by atoms with Crippen molar-refractivity contribution in [1.29, 1.82) is 0 Å². The van der Waals surface area contributed by atoms with E-state index in [0.29, 0.717) is 11.8 Å². The fourth-order valence-corrected chi connectivity index (χ4v) is 2.83. The lowest BCUT2D eigenvalue weighted by Crippen LogP contribution is -2.40. The van der Waals surface area contributed by atoms with E-state index in [4.69, 9.17) is 11.6 Å². The summed E-state index contributed by atoms with van der Waals surface area (Å²) in [6.45, 7) is 1.69. The van der Waals surface area contributed by atoms with E-state index < -0.39 is 0 Å². The average Bonchev–Trinajstić information content (AvgIpc) is 2.81. The molecule has 1 aliphatic heterocycles. The molecule has 0 N–H and O–H groups in total. The maximum Gasteiger partial charge on any atom is 0.254 e. The van der Waals surface area contributed by atoms with Crippen LogP contribution in [-0.2, 0) is 0 Å². The Balaban J connectivity index is 2.01. The van der Waals surface area contributed by atoms with E-state index >= 15 is 0 Å². The van der Waals surface area contributed by atoms with Crippen LogP contribution in [0.4, 0.5) is 0 Å². The monoisotopic (exact) mass is 243 g/mol. The van der Waals surface area contributed by atoms with E-state index in [2.05, 4.69) is 0 Å². The number of carbonyl (C=O) groups is 1. The molecule has 2 nitrogen and oxygen atoms in total. The highest BCUT2D eigenvalue weighted by molar-refractivity contribution is 7.08. The summed E-state index contributed by atoms with van der Waals surface area (Å²) >= 11 is 7.40. The number of hydrogen-bond acceptors (Lipinski definition) is 2. The molecule has 0 saturated carbocycles. The SMILES string of the molecule is O=C(c1ccsc1)N1CCCC(CCl)C1. The molecule has 1 aliphatic rings. The first-order valence-corrected chi connectivity index (χ1v) is 6.66. The summed E-state index contributed by atoms with van der Waals surface area (Å²) in [5.74, 6) is 1.29. The lowest BCUT2D eigenvalue weighted by molar-refractivity contribution is 0.0685. The van der Waals surface area contributed by atoms with E-state index in [9.17, 15) is 4.79 Å². The number of hydrogen-bond donors (Lipinski definition) is 0. The Hall–Kier alpha value is -0.540. The molecule has 1 unspecified atom stereocenters. The van der Waals surface area contributed by atoms with E-state index in [1.54, 1.807) is 11.3 Å². The molecule has 1 aromatic heterocycles. The van der Waals surface area contributed by atoms with Gasteiger partial charge >= 0.3 is 0 Å². The standard InChI is InChI=1S/C11H14ClNOS/c12-6-9-2-1-4-13(7-9)11(14)10-3-5-15-8-10/h3,5,8-9H,1-2,4,6-7H2. The molecule has 4 heteroatoms. The Bertz CT molecular complexity index is 325. The maximum absolute atomic E-state index is 12.0. The minimum absolute atomic E-state index is 0.158. The number of thiophene rings is 1. The van der Waals surface area contributed by atoms with Crippen LogP contribution in [0, 0.1) is 5.92 Å². The number of likely N-dealkylation sites (tertiary alicyclic amines) is 1. The lowest BCUT2D eigenvalue weighted by atomic mass is 9.99. The maximum atomic E-state index is 12.0. The molecule has 1 fully saturated rings. The summed E-state index contributed by atoms with van der Waals surface area (Å²) in [6, 6.07) is 1.89. The number of rotatable bonds is 2. The van der Waals surface area contributed by atoms with Crippen molar-refractivity contribution in [1.82, 2.24) is 4.90 Å². The largest absolute Gasteiger partial charge is 0.338 e. The smallest absolute Gasteiger partial charge is 0.254 e. The molecular weight excluding hydrogens is 230 g/mol. The second kappa shape index (κ2) is 4.99. The van der Waals surface area contributed by atoms with Crippen molar-refractivity contribution in [2.24, 2.45) is 5.92 Å². The average molecular weight is 244 g/mol. The molecular formula is C11H14ClNOS. The van der Waals surface area contributed by atoms with Crippen LogP contribution >= 0.6 is 22.9 Å². The fraction of sp³-hybridized carbons (Fsp3) is 0.545. The third kappa shape index (κ3) is 2.52. The highest BCUT2D eigenvalue weighted by Gasteiger charge is 2.23. The van der Waals surface area contributed by atoms with Crippen LogP contribution in [0.2, 0.25) is 0 Å². The van der Waals surface area contributed by atoms with Gasteiger partial charge in [0.15, 0.2) is 0 Å². The molecule has 0 spiro atoms. The van der Waals surface area contributed by atoms with Gasteiger partial charge in [-0.05, 0) is 30.2 Å². The van der Waals surface area contributed by atoms with Crippen LogP contribution in [0.5, 0.6) is 0 Å². The van der Waals surface area contributed by atoms with Gasteiger partial charge in [-0.25, -0.2) is 0 Å². The van der Waals surface area contributed by atoms with Crippen molar-refractivity contribution < 1.29 is 4.79 Å². The van der Waals surface area contributed by atoms with Crippen molar-refractivity contribution in [3.05, 3.63) is 22.4 Å². The summed E-state index contributed by atoms with van der Waals surface area (Å²) in [5, 5.41) is 3.85. The summed E-state index contributed by atoms with van der Waals surface area (Å²) in [4.78, 5) is 13.9. The molecule has 0 aliphatic carbocycles. The zero-order valence-corrected chi connectivity index (χ0v) is 10.1. The first-order valence-electron chi connectivity index (χ1n) is 5.18. The van der Waals surface area contributed by atoms with Crippen LogP contribution in [0.1, 0.15) is 23.2 Å². The number of amides is 1. The van der Waals surface area contributed by atoms with E-state index in [1.165, 1.54) is 0 Å². The third-order valence-electron chi connectivity index (χ3n) is 2.79. The van der Waals surface area contributed by atoms with Crippen LogP contribution in [0.25, 0.3) is 0 Å². The van der Waals surface area contributed by atoms with E-state index in [0.717, 1.165) is 31.5 Å². The number of alkyl halides is 1. The fourth-order valence-electron chi connectivity index (χ4n) is 1.94. The molecule has 1 amide bonds. The zero-order valence-electron chi connectivity index (χ0n) is 8.49. The lowest BCUT2D eigenvalue weighted by Gasteiger charge is -2.31.